The van der Waals surface area contributed by atoms with Crippen LogP contribution in [0.5, 0.6) is 0 Å². The number of nitrogens with zero attached hydrogens (tertiary/aromatic N) is 3. The maximum Gasteiger partial charge on any atom is 0.510 e. The van der Waals surface area contributed by atoms with E-state index in [1.54, 1.807) is 30.3 Å². The second kappa shape index (κ2) is 16.6. The average Bonchev–Trinajstić information content (AvgIpc) is 3.53. The maximum atomic E-state index is 14.1. The van der Waals surface area contributed by atoms with E-state index in [0.717, 1.165) is 16.5 Å². The number of carbonyl (C=O) groups is 5. The number of sulfonamides is 1. The van der Waals surface area contributed by atoms with Crippen LogP contribution in [0.1, 0.15) is 48.6 Å². The van der Waals surface area contributed by atoms with E-state index in [-0.39, 0.29) is 63.2 Å². The second-order valence-electron chi connectivity index (χ2n) is 13.9. The van der Waals surface area contributed by atoms with E-state index in [1.807, 2.05) is 38.1 Å². The molecule has 0 saturated carbocycles. The van der Waals surface area contributed by atoms with Gasteiger partial charge in [-0.2, -0.15) is 4.31 Å². The number of cyclic esters (lactones) is 1. The van der Waals surface area contributed by atoms with Gasteiger partial charge in [-0.15, -0.1) is 0 Å². The minimum atomic E-state index is -3.50. The summed E-state index contributed by atoms with van der Waals surface area (Å²) >= 11 is 0. The van der Waals surface area contributed by atoms with Gasteiger partial charge >= 0.3 is 12.1 Å². The first-order valence-corrected chi connectivity index (χ1v) is 19.8. The quantitative estimate of drug-likeness (QED) is 0.0885. The van der Waals surface area contributed by atoms with Crippen molar-refractivity contribution in [3.63, 3.8) is 0 Å². The number of nitrogens with one attached hydrogen (secondary N) is 2. The first kappa shape index (κ1) is 40.7. The number of esters is 1. The van der Waals surface area contributed by atoms with Crippen molar-refractivity contribution in [1.82, 2.24) is 19.2 Å². The van der Waals surface area contributed by atoms with Gasteiger partial charge in [0.2, 0.25) is 27.4 Å². The lowest BCUT2D eigenvalue weighted by molar-refractivity contribution is -0.172. The molecule has 18 heteroatoms. The van der Waals surface area contributed by atoms with E-state index >= 15 is 0 Å². The fourth-order valence-corrected chi connectivity index (χ4v) is 8.11. The Labute approximate surface area is 327 Å². The number of hydrogen-bond donors (Lipinski definition) is 2. The van der Waals surface area contributed by atoms with E-state index in [1.165, 1.54) is 22.1 Å². The minimum absolute atomic E-state index is 0.124. The summed E-state index contributed by atoms with van der Waals surface area (Å²) in [4.78, 5) is 79.6. The highest BCUT2D eigenvalue weighted by atomic mass is 32.2. The summed E-state index contributed by atoms with van der Waals surface area (Å²) in [6.07, 6.45) is 0.822. The van der Waals surface area contributed by atoms with Crippen LogP contribution < -0.4 is 16.2 Å². The molecular weight excluding hydrogens is 763 g/mol. The van der Waals surface area contributed by atoms with E-state index in [2.05, 4.69) is 10.6 Å². The largest absolute Gasteiger partial charge is 0.510 e. The third-order valence-corrected chi connectivity index (χ3v) is 11.1. The van der Waals surface area contributed by atoms with E-state index in [4.69, 9.17) is 23.9 Å². The predicted molar refractivity (Wildman–Crippen MR) is 204 cm³/mol. The van der Waals surface area contributed by atoms with E-state index < -0.39 is 45.1 Å². The molecule has 57 heavy (non-hydrogen) atoms. The van der Waals surface area contributed by atoms with Crippen LogP contribution in [0.3, 0.4) is 0 Å². The lowest BCUT2D eigenvalue weighted by Gasteiger charge is -2.32. The normalized spacial score (nSPS) is 15.7. The Morgan fingerprint density at radius 3 is 2.51 bits per heavy atom. The Morgan fingerprint density at radius 1 is 1.07 bits per heavy atom. The number of hydrogen-bond acceptors (Lipinski definition) is 13. The third-order valence-electron chi connectivity index (χ3n) is 9.65. The highest BCUT2D eigenvalue weighted by Crippen LogP contribution is 2.41. The van der Waals surface area contributed by atoms with Crippen molar-refractivity contribution in [3.05, 3.63) is 92.8 Å². The van der Waals surface area contributed by atoms with Gasteiger partial charge in [0.05, 0.1) is 41.8 Å². The minimum Gasteiger partial charge on any atom is -0.457 e. The monoisotopic (exact) mass is 803 g/mol. The summed E-state index contributed by atoms with van der Waals surface area (Å²) < 4.78 is 49.3. The summed E-state index contributed by atoms with van der Waals surface area (Å²) in [5.41, 5.74) is 1.78. The molecule has 17 nitrogen and oxygen atoms in total. The van der Waals surface area contributed by atoms with Gasteiger partial charge in [-0.1, -0.05) is 30.3 Å². The van der Waals surface area contributed by atoms with Crippen molar-refractivity contribution in [3.8, 4) is 11.4 Å². The number of anilines is 1. The molecule has 4 aromatic rings. The topological polar surface area (TPSA) is 219 Å². The fraction of sp³-hybridized carbons (Fsp3) is 0.359. The number of benzene rings is 2. The molecule has 2 amide bonds. The number of carbonyl (C=O) groups excluding carboxylic acids is 5. The molecule has 0 bridgehead atoms. The van der Waals surface area contributed by atoms with Gasteiger partial charge in [0.1, 0.15) is 32.7 Å². The Morgan fingerprint density at radius 2 is 1.81 bits per heavy atom. The van der Waals surface area contributed by atoms with Crippen molar-refractivity contribution in [2.24, 2.45) is 0 Å². The maximum absolute atomic E-state index is 14.1. The lowest BCUT2D eigenvalue weighted by atomic mass is 9.89. The Hall–Kier alpha value is -5.98. The first-order chi connectivity index (χ1) is 27.1. The second-order valence-corrected chi connectivity index (χ2v) is 15.9. The van der Waals surface area contributed by atoms with Crippen molar-refractivity contribution in [1.29, 1.82) is 0 Å². The fourth-order valence-electron chi connectivity index (χ4n) is 6.92. The molecule has 0 fully saturated rings. The van der Waals surface area contributed by atoms with Crippen LogP contribution in [0.15, 0.2) is 59.4 Å². The van der Waals surface area contributed by atoms with Crippen molar-refractivity contribution >= 4 is 56.8 Å². The number of pyridine rings is 2. The van der Waals surface area contributed by atoms with Crippen LogP contribution in [-0.2, 0) is 79.9 Å². The van der Waals surface area contributed by atoms with Gasteiger partial charge < -0.3 is 38.9 Å². The predicted octanol–water partition coefficient (Wildman–Crippen LogP) is 2.53. The molecular formula is C39H41N5O12S. The Kier molecular flexibility index (Phi) is 11.9. The van der Waals surface area contributed by atoms with Gasteiger partial charge in [0.15, 0.2) is 0 Å². The number of aromatic nitrogens is 2. The molecule has 0 spiro atoms. The summed E-state index contributed by atoms with van der Waals surface area (Å²) in [7, 11) is -3.50. The van der Waals surface area contributed by atoms with Crippen LogP contribution >= 0.6 is 0 Å². The molecule has 2 aromatic heterocycles. The SMILES string of the molecule is CC(C)N(CCc1c2c(nc3ccccc13)-c1cc3c(c(=O)n1C2)COC(=O)[C@@]3(C)OC(=O)OCc1ccc(NC(=O)CNC(=O)COCC=O)cc1)S(C)(=O)=O. The van der Waals surface area contributed by atoms with Gasteiger partial charge in [0, 0.05) is 34.8 Å². The Bertz CT molecular complexity index is 2430. The number of ether oxygens (including phenoxy) is 4. The average molecular weight is 804 g/mol. The molecule has 2 aromatic carbocycles. The molecule has 300 valence electrons. The van der Waals surface area contributed by atoms with Crippen LogP contribution in [0.25, 0.3) is 22.3 Å². The lowest BCUT2D eigenvalue weighted by Crippen LogP contribution is -2.45. The number of aldehydes is 1. The van der Waals surface area contributed by atoms with E-state index in [0.29, 0.717) is 40.9 Å². The number of rotatable bonds is 15. The molecule has 2 N–H and O–H groups in total. The highest BCUT2D eigenvalue weighted by Gasteiger charge is 2.48. The molecule has 0 saturated heterocycles. The summed E-state index contributed by atoms with van der Waals surface area (Å²) in [6.45, 7) is 3.75. The molecule has 6 rings (SSSR count). The zero-order valence-electron chi connectivity index (χ0n) is 31.7. The molecule has 0 radical (unpaired) electrons. The van der Waals surface area contributed by atoms with Gasteiger partial charge in [-0.05, 0) is 62.6 Å². The highest BCUT2D eigenvalue weighted by molar-refractivity contribution is 7.88. The zero-order valence-corrected chi connectivity index (χ0v) is 32.5. The van der Waals surface area contributed by atoms with Crippen LogP contribution in [0.4, 0.5) is 10.5 Å². The van der Waals surface area contributed by atoms with Crippen LogP contribution in [0.2, 0.25) is 0 Å². The molecule has 0 unspecified atom stereocenters. The van der Waals surface area contributed by atoms with Crippen LogP contribution in [0, 0.1) is 0 Å². The molecule has 1 atom stereocenters. The summed E-state index contributed by atoms with van der Waals surface area (Å²) in [6, 6.07) is 15.0. The van der Waals surface area contributed by atoms with Crippen LogP contribution in [-0.4, -0.2) is 91.1 Å². The zero-order chi connectivity index (χ0) is 41.1. The van der Waals surface area contributed by atoms with Gasteiger partial charge in [-0.3, -0.25) is 14.4 Å². The smallest absolute Gasteiger partial charge is 0.457 e. The molecule has 0 aliphatic carbocycles. The summed E-state index contributed by atoms with van der Waals surface area (Å²) in [5, 5.41) is 5.79. The van der Waals surface area contributed by atoms with Crippen molar-refractivity contribution < 1.29 is 51.3 Å². The summed E-state index contributed by atoms with van der Waals surface area (Å²) in [5.74, 6) is -1.98. The molecule has 2 aliphatic heterocycles. The standard InChI is InChI=1S/C39H41N5O12S/c1-23(2)44(57(4,51)52)14-13-26-27-7-5-6-8-31(27)42-35-28(26)19-43-32(35)17-30-29(36(43)48)21-54-37(49)39(30,3)56-38(50)55-20-24-9-11-25(12-10-24)41-33(46)18-40-34(47)22-53-16-15-45/h5-12,15,17,23H,13-14,16,18-22H2,1-4H3,(H,40,47)(H,41,46)/t39-/m0/s1. The van der Waals surface area contributed by atoms with E-state index in [9.17, 15) is 37.2 Å². The van der Waals surface area contributed by atoms with Crippen molar-refractivity contribution in [2.45, 2.75) is 58.6 Å². The number of para-hydroxylation sites is 1. The third kappa shape index (κ3) is 8.72. The van der Waals surface area contributed by atoms with Gasteiger partial charge in [0.25, 0.3) is 5.56 Å². The van der Waals surface area contributed by atoms with Gasteiger partial charge in [-0.25, -0.2) is 23.0 Å². The first-order valence-electron chi connectivity index (χ1n) is 18.0. The Balaban J connectivity index is 1.19. The molecule has 2 aliphatic rings. The molecule has 4 heterocycles. The number of fused-ring (bicyclic) bond motifs is 5. The number of amides is 2. The van der Waals surface area contributed by atoms with Crippen molar-refractivity contribution in [2.75, 3.05) is 37.9 Å².